The van der Waals surface area contributed by atoms with Crippen molar-refractivity contribution in [1.29, 1.82) is 0 Å². The van der Waals surface area contributed by atoms with Crippen LogP contribution in [0.1, 0.15) is 28.8 Å². The van der Waals surface area contributed by atoms with E-state index in [4.69, 9.17) is 4.74 Å². The Morgan fingerprint density at radius 3 is 2.00 bits per heavy atom. The third-order valence-corrected chi connectivity index (χ3v) is 3.77. The van der Waals surface area contributed by atoms with Gasteiger partial charge < -0.3 is 4.74 Å². The second-order valence-corrected chi connectivity index (χ2v) is 5.92. The fourth-order valence-corrected chi connectivity index (χ4v) is 2.19. The topological polar surface area (TPSA) is 26.3 Å². The Morgan fingerprint density at radius 1 is 0.947 bits per heavy atom. The largest absolute Gasteiger partial charge is 0.490 e. The molecule has 2 aromatic carbocycles. The van der Waals surface area contributed by atoms with E-state index in [1.165, 1.54) is 0 Å². The van der Waals surface area contributed by atoms with Gasteiger partial charge in [0.2, 0.25) is 0 Å². The van der Waals surface area contributed by atoms with Crippen molar-refractivity contribution in [3.63, 3.8) is 0 Å². The molecule has 0 aromatic heterocycles. The molecule has 0 atom stereocenters. The van der Waals surface area contributed by atoms with Gasteiger partial charge in [-0.2, -0.15) is 0 Å². The average molecular weight is 364 g/mol. The minimum absolute atomic E-state index is 0.0503. The van der Waals surface area contributed by atoms with Crippen molar-refractivity contribution in [2.45, 2.75) is 18.9 Å². The van der Waals surface area contributed by atoms with Crippen molar-refractivity contribution in [2.24, 2.45) is 0 Å². The molecule has 0 aliphatic heterocycles. The minimum Gasteiger partial charge on any atom is -0.490 e. The lowest BCUT2D eigenvalue weighted by Gasteiger charge is -2.05. The van der Waals surface area contributed by atoms with Crippen LogP contribution in [-0.2, 0) is 0 Å². The number of rotatable bonds is 4. The van der Waals surface area contributed by atoms with Crippen LogP contribution in [0.4, 0.5) is 0 Å². The lowest BCUT2D eigenvalue weighted by Crippen LogP contribution is -2.02. The molecule has 0 heterocycles. The molecule has 0 saturated heterocycles. The van der Waals surface area contributed by atoms with Crippen molar-refractivity contribution in [3.05, 3.63) is 63.2 Å². The molecule has 19 heavy (non-hydrogen) atoms. The van der Waals surface area contributed by atoms with E-state index in [1.807, 2.05) is 48.5 Å². The van der Waals surface area contributed by atoms with Gasteiger partial charge in [-0.05, 0) is 84.0 Å². The summed E-state index contributed by atoms with van der Waals surface area (Å²) in [6.45, 7) is 0. The maximum absolute atomic E-state index is 12.3. The van der Waals surface area contributed by atoms with Gasteiger partial charge in [0, 0.05) is 14.7 Å². The Balaban J connectivity index is 1.77. The van der Waals surface area contributed by atoms with Gasteiger partial charge in [0.05, 0.1) is 6.10 Å². The van der Waals surface area contributed by atoms with Gasteiger partial charge in [0.15, 0.2) is 5.78 Å². The van der Waals surface area contributed by atoms with Crippen molar-refractivity contribution >= 4 is 28.4 Å². The van der Waals surface area contributed by atoms with E-state index in [-0.39, 0.29) is 5.78 Å². The number of hydrogen-bond donors (Lipinski definition) is 0. The summed E-state index contributed by atoms with van der Waals surface area (Å²) in [7, 11) is 0. The quantitative estimate of drug-likeness (QED) is 0.604. The summed E-state index contributed by atoms with van der Waals surface area (Å²) < 4.78 is 6.80. The first-order chi connectivity index (χ1) is 9.22. The molecular weight excluding hydrogens is 351 g/mol. The second-order valence-electron chi connectivity index (χ2n) is 4.68. The number of carbonyl (C=O) groups excluding carboxylic acids is 1. The maximum Gasteiger partial charge on any atom is 0.193 e. The van der Waals surface area contributed by atoms with E-state index < -0.39 is 0 Å². The van der Waals surface area contributed by atoms with Gasteiger partial charge in [-0.1, -0.05) is 0 Å². The molecule has 0 N–H and O–H groups in total. The molecule has 1 aliphatic rings. The predicted molar refractivity (Wildman–Crippen MR) is 82.7 cm³/mol. The van der Waals surface area contributed by atoms with Gasteiger partial charge in [-0.3, -0.25) is 4.79 Å². The molecule has 0 radical (unpaired) electrons. The predicted octanol–water partition coefficient (Wildman–Crippen LogP) is 4.06. The fraction of sp³-hybridized carbons (Fsp3) is 0.188. The van der Waals surface area contributed by atoms with Gasteiger partial charge in [0.25, 0.3) is 0 Å². The Kier molecular flexibility index (Phi) is 3.55. The third-order valence-electron chi connectivity index (χ3n) is 3.05. The monoisotopic (exact) mass is 364 g/mol. The Morgan fingerprint density at radius 2 is 1.47 bits per heavy atom. The van der Waals surface area contributed by atoms with E-state index >= 15 is 0 Å². The molecule has 3 heteroatoms. The van der Waals surface area contributed by atoms with Gasteiger partial charge in [-0.25, -0.2) is 0 Å². The second kappa shape index (κ2) is 5.33. The van der Waals surface area contributed by atoms with Crippen LogP contribution in [0.5, 0.6) is 5.75 Å². The van der Waals surface area contributed by atoms with E-state index in [1.54, 1.807) is 0 Å². The molecule has 2 nitrogen and oxygen atoms in total. The molecule has 3 rings (SSSR count). The third kappa shape index (κ3) is 3.15. The van der Waals surface area contributed by atoms with Crippen LogP contribution in [0.15, 0.2) is 48.5 Å². The molecular formula is C16H13IO2. The summed E-state index contributed by atoms with van der Waals surface area (Å²) in [4.78, 5) is 12.3. The van der Waals surface area contributed by atoms with Crippen molar-refractivity contribution in [2.75, 3.05) is 0 Å². The standard InChI is InChI=1S/C16H13IO2/c17-13-5-1-11(2-6-13)16(18)12-3-7-14(8-4-12)19-15-9-10-15/h1-8,15H,9-10H2. The number of ketones is 1. The van der Waals surface area contributed by atoms with E-state index in [2.05, 4.69) is 22.6 Å². The highest BCUT2D eigenvalue weighted by Gasteiger charge is 2.23. The molecule has 1 aliphatic carbocycles. The van der Waals surface area contributed by atoms with Crippen LogP contribution >= 0.6 is 22.6 Å². The maximum atomic E-state index is 12.3. The minimum atomic E-state index is 0.0503. The zero-order valence-corrected chi connectivity index (χ0v) is 12.5. The molecule has 1 fully saturated rings. The van der Waals surface area contributed by atoms with E-state index in [9.17, 15) is 4.79 Å². The fourth-order valence-electron chi connectivity index (χ4n) is 1.83. The SMILES string of the molecule is O=C(c1ccc(I)cc1)c1ccc(OC2CC2)cc1. The molecule has 0 bridgehead atoms. The summed E-state index contributed by atoms with van der Waals surface area (Å²) in [5.74, 6) is 0.899. The highest BCUT2D eigenvalue weighted by atomic mass is 127. The van der Waals surface area contributed by atoms with Crippen LogP contribution in [0.25, 0.3) is 0 Å². The summed E-state index contributed by atoms with van der Waals surface area (Å²) in [6.07, 6.45) is 2.67. The van der Waals surface area contributed by atoms with E-state index in [0.717, 1.165) is 27.7 Å². The summed E-state index contributed by atoms with van der Waals surface area (Å²) >= 11 is 2.23. The van der Waals surface area contributed by atoms with Crippen molar-refractivity contribution < 1.29 is 9.53 Å². The first-order valence-corrected chi connectivity index (χ1v) is 7.37. The smallest absolute Gasteiger partial charge is 0.193 e. The number of halogens is 1. The highest BCUT2D eigenvalue weighted by molar-refractivity contribution is 14.1. The molecule has 1 saturated carbocycles. The average Bonchev–Trinajstić information content (AvgIpc) is 3.24. The van der Waals surface area contributed by atoms with Gasteiger partial charge >= 0.3 is 0 Å². The number of ether oxygens (including phenoxy) is 1. The number of carbonyl (C=O) groups is 1. The normalized spacial score (nSPS) is 14.2. The number of hydrogen-bond acceptors (Lipinski definition) is 2. The Bertz CT molecular complexity index is 583. The first-order valence-electron chi connectivity index (χ1n) is 6.29. The Hall–Kier alpha value is -1.36. The van der Waals surface area contributed by atoms with Crippen molar-refractivity contribution in [1.82, 2.24) is 0 Å². The van der Waals surface area contributed by atoms with Gasteiger partial charge in [-0.15, -0.1) is 0 Å². The van der Waals surface area contributed by atoms with Gasteiger partial charge in [0.1, 0.15) is 5.75 Å². The molecule has 0 spiro atoms. The molecule has 96 valence electrons. The summed E-state index contributed by atoms with van der Waals surface area (Å²) in [5.41, 5.74) is 1.42. The van der Waals surface area contributed by atoms with Crippen molar-refractivity contribution in [3.8, 4) is 5.75 Å². The van der Waals surface area contributed by atoms with Crippen LogP contribution in [0, 0.1) is 3.57 Å². The summed E-state index contributed by atoms with van der Waals surface area (Å²) in [6, 6.07) is 15.0. The molecule has 2 aromatic rings. The van der Waals surface area contributed by atoms with Crippen LogP contribution in [0.3, 0.4) is 0 Å². The van der Waals surface area contributed by atoms with Crippen LogP contribution in [0.2, 0.25) is 0 Å². The molecule has 0 unspecified atom stereocenters. The zero-order valence-electron chi connectivity index (χ0n) is 10.3. The number of benzene rings is 2. The lowest BCUT2D eigenvalue weighted by molar-refractivity contribution is 0.103. The lowest BCUT2D eigenvalue weighted by atomic mass is 10.0. The Labute approximate surface area is 125 Å². The highest BCUT2D eigenvalue weighted by Crippen LogP contribution is 2.27. The zero-order chi connectivity index (χ0) is 13.2. The first kappa shape index (κ1) is 12.7. The summed E-state index contributed by atoms with van der Waals surface area (Å²) in [5, 5.41) is 0. The molecule has 0 amide bonds. The van der Waals surface area contributed by atoms with Crippen LogP contribution in [-0.4, -0.2) is 11.9 Å². The van der Waals surface area contributed by atoms with E-state index in [0.29, 0.717) is 11.7 Å². The van der Waals surface area contributed by atoms with Crippen LogP contribution < -0.4 is 4.74 Å².